The van der Waals surface area contributed by atoms with Crippen LogP contribution in [-0.2, 0) is 9.53 Å². The summed E-state index contributed by atoms with van der Waals surface area (Å²) in [4.78, 5) is 24.7. The highest BCUT2D eigenvalue weighted by Crippen LogP contribution is 2.18. The number of hydrogen-bond acceptors (Lipinski definition) is 3. The van der Waals surface area contributed by atoms with E-state index in [0.29, 0.717) is 13.1 Å². The molecular weight excluding hydrogens is 220 g/mol. The number of ether oxygens (including phenoxy) is 1. The molecule has 5 heteroatoms. The first-order chi connectivity index (χ1) is 7.79. The van der Waals surface area contributed by atoms with Crippen LogP contribution in [0.1, 0.15) is 40.0 Å². The first kappa shape index (κ1) is 13.8. The van der Waals surface area contributed by atoms with Crippen LogP contribution in [0.4, 0.5) is 4.79 Å². The first-order valence-corrected chi connectivity index (χ1v) is 6.07. The molecule has 1 heterocycles. The van der Waals surface area contributed by atoms with E-state index in [-0.39, 0.29) is 17.9 Å². The Labute approximate surface area is 102 Å². The molecule has 1 saturated heterocycles. The van der Waals surface area contributed by atoms with E-state index in [1.807, 2.05) is 20.8 Å². The van der Waals surface area contributed by atoms with Gasteiger partial charge in [0.2, 0.25) is 5.91 Å². The third-order valence-electron chi connectivity index (χ3n) is 2.73. The molecule has 17 heavy (non-hydrogen) atoms. The average Bonchev–Trinajstić information content (AvgIpc) is 2.39. The quantitative estimate of drug-likeness (QED) is 0.757. The van der Waals surface area contributed by atoms with E-state index < -0.39 is 5.60 Å². The number of amides is 2. The molecule has 2 amide bonds. The van der Waals surface area contributed by atoms with Gasteiger partial charge in [0, 0.05) is 13.1 Å². The lowest BCUT2D eigenvalue weighted by atomic mass is 10.0. The summed E-state index contributed by atoms with van der Waals surface area (Å²) in [5.41, 5.74) is 4.80. The summed E-state index contributed by atoms with van der Waals surface area (Å²) >= 11 is 0. The zero-order valence-electron chi connectivity index (χ0n) is 10.9. The summed E-state index contributed by atoms with van der Waals surface area (Å²) in [6.07, 6.45) is 2.22. The molecular formula is C12H22N2O3. The van der Waals surface area contributed by atoms with Crippen molar-refractivity contribution >= 4 is 12.0 Å². The lowest BCUT2D eigenvalue weighted by Gasteiger charge is -2.27. The molecule has 0 bridgehead atoms. The third kappa shape index (κ3) is 4.63. The molecule has 1 rings (SSSR count). The van der Waals surface area contributed by atoms with Crippen LogP contribution < -0.4 is 5.73 Å². The highest BCUT2D eigenvalue weighted by Gasteiger charge is 2.28. The molecule has 1 fully saturated rings. The van der Waals surface area contributed by atoms with Crippen molar-refractivity contribution in [1.82, 2.24) is 4.90 Å². The molecule has 98 valence electrons. The zero-order valence-corrected chi connectivity index (χ0v) is 10.9. The van der Waals surface area contributed by atoms with Crippen molar-refractivity contribution in [3.05, 3.63) is 0 Å². The maximum absolute atomic E-state index is 11.9. The molecule has 1 aliphatic rings. The van der Waals surface area contributed by atoms with Gasteiger partial charge in [-0.05, 0) is 33.6 Å². The van der Waals surface area contributed by atoms with Gasteiger partial charge in [-0.2, -0.15) is 0 Å². The van der Waals surface area contributed by atoms with Crippen LogP contribution in [-0.4, -0.2) is 35.6 Å². The second-order valence-electron chi connectivity index (χ2n) is 5.52. The van der Waals surface area contributed by atoms with Crippen molar-refractivity contribution in [2.75, 3.05) is 13.1 Å². The Bertz CT molecular complexity index is 297. The molecule has 1 atom stereocenters. The Balaban J connectivity index is 2.62. The van der Waals surface area contributed by atoms with Crippen molar-refractivity contribution in [3.8, 4) is 0 Å². The van der Waals surface area contributed by atoms with E-state index >= 15 is 0 Å². The Morgan fingerprint density at radius 1 is 1.29 bits per heavy atom. The Kier molecular flexibility index (Phi) is 4.37. The van der Waals surface area contributed by atoms with Crippen molar-refractivity contribution in [1.29, 1.82) is 0 Å². The van der Waals surface area contributed by atoms with Gasteiger partial charge < -0.3 is 15.4 Å². The lowest BCUT2D eigenvalue weighted by Crippen LogP contribution is -2.41. The largest absolute Gasteiger partial charge is 0.444 e. The van der Waals surface area contributed by atoms with Gasteiger partial charge in [0.15, 0.2) is 0 Å². The summed E-state index contributed by atoms with van der Waals surface area (Å²) in [6, 6.07) is 0. The second-order valence-corrected chi connectivity index (χ2v) is 5.52. The van der Waals surface area contributed by atoms with Crippen LogP contribution in [0.5, 0.6) is 0 Å². The maximum atomic E-state index is 11.9. The lowest BCUT2D eigenvalue weighted by molar-refractivity contribution is -0.122. The summed E-state index contributed by atoms with van der Waals surface area (Å²) in [7, 11) is 0. The van der Waals surface area contributed by atoms with Gasteiger partial charge in [0.1, 0.15) is 5.60 Å². The topological polar surface area (TPSA) is 72.6 Å². The van der Waals surface area contributed by atoms with E-state index in [9.17, 15) is 9.59 Å². The molecule has 2 N–H and O–H groups in total. The molecule has 5 nitrogen and oxygen atoms in total. The van der Waals surface area contributed by atoms with Crippen LogP contribution >= 0.6 is 0 Å². The molecule has 0 aromatic heterocycles. The zero-order chi connectivity index (χ0) is 13.1. The number of rotatable bonds is 1. The van der Waals surface area contributed by atoms with Crippen LogP contribution in [0.15, 0.2) is 0 Å². The maximum Gasteiger partial charge on any atom is 0.410 e. The second kappa shape index (κ2) is 5.38. The molecule has 0 radical (unpaired) electrons. The van der Waals surface area contributed by atoms with Crippen molar-refractivity contribution in [3.63, 3.8) is 0 Å². The minimum Gasteiger partial charge on any atom is -0.444 e. The molecule has 0 saturated carbocycles. The van der Waals surface area contributed by atoms with Crippen LogP contribution in [0.3, 0.4) is 0 Å². The first-order valence-electron chi connectivity index (χ1n) is 6.07. The predicted octanol–water partition coefficient (Wildman–Crippen LogP) is 1.51. The monoisotopic (exact) mass is 242 g/mol. The fourth-order valence-corrected chi connectivity index (χ4v) is 1.87. The summed E-state index contributed by atoms with van der Waals surface area (Å²) in [5.74, 6) is -0.578. The SMILES string of the molecule is CC(C)(C)OC(=O)N1CCCCC(C(N)=O)C1. The number of primary amides is 1. The Morgan fingerprint density at radius 3 is 2.47 bits per heavy atom. The van der Waals surface area contributed by atoms with Gasteiger partial charge in [-0.15, -0.1) is 0 Å². The van der Waals surface area contributed by atoms with Gasteiger partial charge in [-0.25, -0.2) is 4.79 Å². The van der Waals surface area contributed by atoms with Crippen molar-refractivity contribution < 1.29 is 14.3 Å². The summed E-state index contributed by atoms with van der Waals surface area (Å²) < 4.78 is 5.30. The molecule has 1 unspecified atom stereocenters. The molecule has 0 aromatic rings. The Hall–Kier alpha value is -1.26. The third-order valence-corrected chi connectivity index (χ3v) is 2.73. The van der Waals surface area contributed by atoms with Crippen molar-refractivity contribution in [2.45, 2.75) is 45.6 Å². The van der Waals surface area contributed by atoms with Crippen LogP contribution in [0.2, 0.25) is 0 Å². The van der Waals surface area contributed by atoms with Crippen LogP contribution in [0.25, 0.3) is 0 Å². The molecule has 0 spiro atoms. The fraction of sp³-hybridized carbons (Fsp3) is 0.833. The number of likely N-dealkylation sites (tertiary alicyclic amines) is 1. The highest BCUT2D eigenvalue weighted by molar-refractivity contribution is 5.78. The van der Waals surface area contributed by atoms with Crippen LogP contribution in [0, 0.1) is 5.92 Å². The van der Waals surface area contributed by atoms with Gasteiger partial charge in [-0.1, -0.05) is 6.42 Å². The van der Waals surface area contributed by atoms with Gasteiger partial charge in [0.05, 0.1) is 5.92 Å². The minimum absolute atomic E-state index is 0.245. The van der Waals surface area contributed by atoms with E-state index in [0.717, 1.165) is 19.3 Å². The fourth-order valence-electron chi connectivity index (χ4n) is 1.87. The minimum atomic E-state index is -0.508. The molecule has 0 aromatic carbocycles. The van der Waals surface area contributed by atoms with E-state index in [4.69, 9.17) is 10.5 Å². The molecule has 0 aliphatic carbocycles. The van der Waals surface area contributed by atoms with E-state index in [1.165, 1.54) is 0 Å². The van der Waals surface area contributed by atoms with Gasteiger partial charge in [0.25, 0.3) is 0 Å². The number of carbonyl (C=O) groups is 2. The average molecular weight is 242 g/mol. The number of nitrogens with two attached hydrogens (primary N) is 1. The van der Waals surface area contributed by atoms with Gasteiger partial charge in [-0.3, -0.25) is 4.79 Å². The highest BCUT2D eigenvalue weighted by atomic mass is 16.6. The summed E-state index contributed by atoms with van der Waals surface area (Å²) in [6.45, 7) is 6.50. The summed E-state index contributed by atoms with van der Waals surface area (Å²) in [5, 5.41) is 0. The normalized spacial score (nSPS) is 21.8. The Morgan fingerprint density at radius 2 is 1.94 bits per heavy atom. The predicted molar refractivity (Wildman–Crippen MR) is 64.3 cm³/mol. The smallest absolute Gasteiger partial charge is 0.410 e. The number of nitrogens with zero attached hydrogens (tertiary/aromatic N) is 1. The van der Waals surface area contributed by atoms with Crippen molar-refractivity contribution in [2.24, 2.45) is 11.7 Å². The van der Waals surface area contributed by atoms with E-state index in [1.54, 1.807) is 4.90 Å². The standard InChI is InChI=1S/C12H22N2O3/c1-12(2,3)17-11(16)14-7-5-4-6-9(8-14)10(13)15/h9H,4-8H2,1-3H3,(H2,13,15). The van der Waals surface area contributed by atoms with Gasteiger partial charge >= 0.3 is 6.09 Å². The number of carbonyl (C=O) groups excluding carboxylic acids is 2. The molecule has 1 aliphatic heterocycles. The van der Waals surface area contributed by atoms with E-state index in [2.05, 4.69) is 0 Å². The number of hydrogen-bond donors (Lipinski definition) is 1.